The van der Waals surface area contributed by atoms with Gasteiger partial charge in [0.15, 0.2) is 0 Å². The molecule has 0 aromatic heterocycles. The van der Waals surface area contributed by atoms with Gasteiger partial charge >= 0.3 is 0 Å². The van der Waals surface area contributed by atoms with Crippen LogP contribution in [0.25, 0.3) is 0 Å². The van der Waals surface area contributed by atoms with Crippen molar-refractivity contribution in [3.05, 3.63) is 27.7 Å². The van der Waals surface area contributed by atoms with Crippen molar-refractivity contribution < 1.29 is 8.42 Å². The zero-order valence-electron chi connectivity index (χ0n) is 9.79. The Morgan fingerprint density at radius 1 is 1.29 bits per heavy atom. The number of halogens is 2. The summed E-state index contributed by atoms with van der Waals surface area (Å²) in [6, 6.07) is 3.01. The number of nitrogens with zero attached hydrogens (tertiary/aromatic N) is 1. The lowest BCUT2D eigenvalue weighted by molar-refractivity contribution is 0.520. The van der Waals surface area contributed by atoms with E-state index in [1.54, 1.807) is 13.1 Å². The third kappa shape index (κ3) is 3.11. The normalized spacial score (nSPS) is 12.1. The monoisotopic (exact) mass is 296 g/mol. The summed E-state index contributed by atoms with van der Waals surface area (Å²) < 4.78 is 25.2. The molecule has 96 valence electrons. The molecule has 1 aromatic carbocycles. The average Bonchev–Trinajstić information content (AvgIpc) is 2.22. The van der Waals surface area contributed by atoms with Gasteiger partial charge in [-0.25, -0.2) is 12.7 Å². The minimum absolute atomic E-state index is 0.0296. The van der Waals surface area contributed by atoms with Crippen molar-refractivity contribution in [1.29, 1.82) is 0 Å². The fourth-order valence-electron chi connectivity index (χ4n) is 1.32. The zero-order valence-corrected chi connectivity index (χ0v) is 12.1. The van der Waals surface area contributed by atoms with Crippen LogP contribution >= 0.6 is 23.2 Å². The van der Waals surface area contributed by atoms with Crippen LogP contribution in [0.1, 0.15) is 5.56 Å². The van der Waals surface area contributed by atoms with Crippen LogP contribution in [0.2, 0.25) is 10.0 Å². The molecular formula is C10H14Cl2N2O2S. The summed E-state index contributed by atoms with van der Waals surface area (Å²) in [4.78, 5) is 0.0296. The van der Waals surface area contributed by atoms with E-state index in [1.165, 1.54) is 20.2 Å². The second kappa shape index (κ2) is 5.54. The van der Waals surface area contributed by atoms with E-state index < -0.39 is 10.0 Å². The average molecular weight is 297 g/mol. The second-order valence-electron chi connectivity index (χ2n) is 3.69. The first-order valence-corrected chi connectivity index (χ1v) is 7.05. The predicted octanol–water partition coefficient (Wildman–Crippen LogP) is 1.96. The highest BCUT2D eigenvalue weighted by atomic mass is 35.5. The van der Waals surface area contributed by atoms with Crippen molar-refractivity contribution in [2.45, 2.75) is 11.4 Å². The molecule has 0 aliphatic carbocycles. The molecule has 0 spiro atoms. The van der Waals surface area contributed by atoms with Crippen LogP contribution in [0.4, 0.5) is 0 Å². The third-order valence-corrected chi connectivity index (χ3v) is 4.82. The minimum Gasteiger partial charge on any atom is -0.316 e. The van der Waals surface area contributed by atoms with E-state index in [9.17, 15) is 8.42 Å². The summed E-state index contributed by atoms with van der Waals surface area (Å²) in [7, 11) is 1.06. The highest BCUT2D eigenvalue weighted by Crippen LogP contribution is 2.30. The maximum atomic E-state index is 12.0. The van der Waals surface area contributed by atoms with Gasteiger partial charge in [-0.1, -0.05) is 23.2 Å². The van der Waals surface area contributed by atoms with Crippen LogP contribution in [-0.2, 0) is 16.6 Å². The highest BCUT2D eigenvalue weighted by molar-refractivity contribution is 7.89. The molecule has 0 bridgehead atoms. The fraction of sp³-hybridized carbons (Fsp3) is 0.400. The van der Waals surface area contributed by atoms with Crippen LogP contribution in [0.5, 0.6) is 0 Å². The van der Waals surface area contributed by atoms with Gasteiger partial charge in [0.1, 0.15) is 4.90 Å². The summed E-state index contributed by atoms with van der Waals surface area (Å²) in [6.07, 6.45) is 0. The molecule has 0 aliphatic heterocycles. The van der Waals surface area contributed by atoms with Crippen LogP contribution in [0, 0.1) is 0 Å². The maximum Gasteiger partial charge on any atom is 0.244 e. The molecule has 0 saturated carbocycles. The van der Waals surface area contributed by atoms with Crippen LogP contribution in [0.3, 0.4) is 0 Å². The number of hydrogen-bond acceptors (Lipinski definition) is 3. The Hall–Kier alpha value is -0.330. The Balaban J connectivity index is 3.45. The smallest absolute Gasteiger partial charge is 0.244 e. The topological polar surface area (TPSA) is 49.4 Å². The van der Waals surface area contributed by atoms with Gasteiger partial charge in [0.05, 0.1) is 5.02 Å². The van der Waals surface area contributed by atoms with Gasteiger partial charge in [-0.15, -0.1) is 0 Å². The Morgan fingerprint density at radius 2 is 1.88 bits per heavy atom. The van der Waals surface area contributed by atoms with E-state index in [0.717, 1.165) is 4.31 Å². The molecule has 0 heterocycles. The van der Waals surface area contributed by atoms with Crippen LogP contribution in [-0.4, -0.2) is 33.9 Å². The second-order valence-corrected chi connectivity index (χ2v) is 6.63. The van der Waals surface area contributed by atoms with E-state index in [1.807, 2.05) is 0 Å². The van der Waals surface area contributed by atoms with E-state index in [2.05, 4.69) is 5.32 Å². The van der Waals surface area contributed by atoms with E-state index in [4.69, 9.17) is 23.2 Å². The van der Waals surface area contributed by atoms with Gasteiger partial charge in [0, 0.05) is 25.7 Å². The quantitative estimate of drug-likeness (QED) is 0.924. The third-order valence-electron chi connectivity index (χ3n) is 2.21. The molecule has 17 heavy (non-hydrogen) atoms. The van der Waals surface area contributed by atoms with Crippen molar-refractivity contribution in [2.24, 2.45) is 0 Å². The SMILES string of the molecule is CNCc1cc(Cl)cc(S(=O)(=O)N(C)C)c1Cl. The zero-order chi connectivity index (χ0) is 13.2. The Bertz CT molecular complexity index is 515. The molecule has 1 aromatic rings. The molecule has 7 heteroatoms. The van der Waals surface area contributed by atoms with Gasteiger partial charge in [0.2, 0.25) is 10.0 Å². The van der Waals surface area contributed by atoms with Crippen molar-refractivity contribution >= 4 is 33.2 Å². The highest BCUT2D eigenvalue weighted by Gasteiger charge is 2.23. The predicted molar refractivity (Wildman–Crippen MR) is 70.1 cm³/mol. The van der Waals surface area contributed by atoms with Gasteiger partial charge in [0.25, 0.3) is 0 Å². The van der Waals surface area contributed by atoms with Gasteiger partial charge in [-0.2, -0.15) is 0 Å². The van der Waals surface area contributed by atoms with E-state index >= 15 is 0 Å². The molecule has 0 atom stereocenters. The molecule has 0 radical (unpaired) electrons. The summed E-state index contributed by atoms with van der Waals surface area (Å²) in [5, 5.41) is 3.46. The summed E-state index contributed by atoms with van der Waals surface area (Å²) in [5.74, 6) is 0. The van der Waals surface area contributed by atoms with Gasteiger partial charge < -0.3 is 5.32 Å². The number of benzene rings is 1. The lowest BCUT2D eigenvalue weighted by Crippen LogP contribution is -2.23. The maximum absolute atomic E-state index is 12.0. The molecule has 0 unspecified atom stereocenters. The fourth-order valence-corrected chi connectivity index (χ4v) is 3.12. The first kappa shape index (κ1) is 14.7. The van der Waals surface area contributed by atoms with Crippen molar-refractivity contribution in [2.75, 3.05) is 21.1 Å². The molecule has 0 aliphatic rings. The lowest BCUT2D eigenvalue weighted by atomic mass is 10.2. The lowest BCUT2D eigenvalue weighted by Gasteiger charge is -2.15. The van der Waals surface area contributed by atoms with Crippen LogP contribution in [0.15, 0.2) is 17.0 Å². The molecule has 1 rings (SSSR count). The molecule has 0 fully saturated rings. The van der Waals surface area contributed by atoms with Gasteiger partial charge in [-0.05, 0) is 24.7 Å². The first-order chi connectivity index (χ1) is 7.80. The van der Waals surface area contributed by atoms with Crippen LogP contribution < -0.4 is 5.32 Å². The minimum atomic E-state index is -3.58. The van der Waals surface area contributed by atoms with Crippen molar-refractivity contribution in [3.8, 4) is 0 Å². The summed E-state index contributed by atoms with van der Waals surface area (Å²) in [6.45, 7) is 0.454. The molecule has 1 N–H and O–H groups in total. The molecular weight excluding hydrogens is 283 g/mol. The Labute approximate surface area is 112 Å². The van der Waals surface area contributed by atoms with E-state index in [-0.39, 0.29) is 9.92 Å². The number of sulfonamides is 1. The van der Waals surface area contributed by atoms with Crippen molar-refractivity contribution in [1.82, 2.24) is 9.62 Å². The number of rotatable bonds is 4. The Kier molecular flexibility index (Phi) is 4.80. The molecule has 0 saturated heterocycles. The Morgan fingerprint density at radius 3 is 2.35 bits per heavy atom. The van der Waals surface area contributed by atoms with E-state index in [0.29, 0.717) is 17.1 Å². The van der Waals surface area contributed by atoms with Crippen molar-refractivity contribution in [3.63, 3.8) is 0 Å². The van der Waals surface area contributed by atoms with Gasteiger partial charge in [-0.3, -0.25) is 0 Å². The first-order valence-electron chi connectivity index (χ1n) is 4.85. The molecule has 0 amide bonds. The number of hydrogen-bond donors (Lipinski definition) is 1. The summed E-state index contributed by atoms with van der Waals surface area (Å²) in [5.41, 5.74) is 0.655. The standard InChI is InChI=1S/C10H14Cl2N2O2S/c1-13-6-7-4-8(11)5-9(10(7)12)17(15,16)14(2)3/h4-5,13H,6H2,1-3H3. The number of nitrogens with one attached hydrogen (secondary N) is 1. The largest absolute Gasteiger partial charge is 0.316 e. The summed E-state index contributed by atoms with van der Waals surface area (Å²) >= 11 is 12.0. The molecule has 4 nitrogen and oxygen atoms in total.